The summed E-state index contributed by atoms with van der Waals surface area (Å²) in [4.78, 5) is 22.9. The van der Waals surface area contributed by atoms with Crippen LogP contribution in [0.1, 0.15) is 11.7 Å². The number of H-pyrrole nitrogens is 2. The molecule has 1 aromatic carbocycles. The molecule has 144 valence electrons. The standard InChI is InChI=1S/C15H19N7O4S/c16-8-14-19-13(20-26-14)9-21-3-5-22(6-4-21)27(24,25)10-1-2-11-12(7-10)18-15(23)17-11/h1-2,7H,3-6,8-9,16H2,(H2,17,18,23). The summed E-state index contributed by atoms with van der Waals surface area (Å²) in [5.74, 6) is 0.915. The van der Waals surface area contributed by atoms with Gasteiger partial charge in [-0.05, 0) is 18.2 Å². The van der Waals surface area contributed by atoms with Crippen LogP contribution in [0.2, 0.25) is 0 Å². The molecule has 0 unspecified atom stereocenters. The van der Waals surface area contributed by atoms with Crippen molar-refractivity contribution in [1.29, 1.82) is 0 Å². The molecule has 0 spiro atoms. The highest BCUT2D eigenvalue weighted by Gasteiger charge is 2.29. The van der Waals surface area contributed by atoms with Gasteiger partial charge in [0.1, 0.15) is 0 Å². The second-order valence-electron chi connectivity index (χ2n) is 6.28. The van der Waals surface area contributed by atoms with Gasteiger partial charge in [0.25, 0.3) is 0 Å². The summed E-state index contributed by atoms with van der Waals surface area (Å²) < 4.78 is 32.2. The van der Waals surface area contributed by atoms with Crippen LogP contribution in [0.25, 0.3) is 11.0 Å². The Morgan fingerprint density at radius 1 is 1.15 bits per heavy atom. The zero-order chi connectivity index (χ0) is 19.0. The van der Waals surface area contributed by atoms with E-state index in [9.17, 15) is 13.2 Å². The average Bonchev–Trinajstić information content (AvgIpc) is 3.26. The van der Waals surface area contributed by atoms with Crippen molar-refractivity contribution in [1.82, 2.24) is 29.3 Å². The van der Waals surface area contributed by atoms with Crippen molar-refractivity contribution < 1.29 is 12.9 Å². The van der Waals surface area contributed by atoms with Crippen molar-refractivity contribution in [3.05, 3.63) is 40.4 Å². The Balaban J connectivity index is 1.44. The second kappa shape index (κ2) is 6.88. The van der Waals surface area contributed by atoms with Crippen molar-refractivity contribution >= 4 is 21.1 Å². The smallest absolute Gasteiger partial charge is 0.323 e. The SMILES string of the molecule is NCc1nc(CN2CCN(S(=O)(=O)c3ccc4[nH]c(=O)[nH]c4c3)CC2)no1. The third-order valence-electron chi connectivity index (χ3n) is 4.51. The molecule has 0 amide bonds. The van der Waals surface area contributed by atoms with Crippen LogP contribution in [0.5, 0.6) is 0 Å². The minimum absolute atomic E-state index is 0.157. The number of nitrogens with zero attached hydrogens (tertiary/aromatic N) is 4. The molecule has 0 atom stereocenters. The lowest BCUT2D eigenvalue weighted by molar-refractivity contribution is 0.176. The van der Waals surface area contributed by atoms with Gasteiger partial charge < -0.3 is 20.2 Å². The van der Waals surface area contributed by atoms with Crippen LogP contribution in [0, 0.1) is 0 Å². The molecule has 0 aliphatic carbocycles. The Bertz CT molecular complexity index is 1110. The van der Waals surface area contributed by atoms with Crippen LogP contribution in [-0.4, -0.2) is 63.9 Å². The third kappa shape index (κ3) is 3.51. The summed E-state index contributed by atoms with van der Waals surface area (Å²) in [7, 11) is -3.64. The van der Waals surface area contributed by atoms with Gasteiger partial charge in [-0.3, -0.25) is 4.90 Å². The van der Waals surface area contributed by atoms with E-state index in [1.54, 1.807) is 6.07 Å². The molecule has 1 saturated heterocycles. The number of piperazine rings is 1. The molecular formula is C15H19N7O4S. The van der Waals surface area contributed by atoms with Crippen molar-refractivity contribution in [2.75, 3.05) is 26.2 Å². The first-order chi connectivity index (χ1) is 13.0. The van der Waals surface area contributed by atoms with Gasteiger partial charge in [-0.15, -0.1) is 0 Å². The topological polar surface area (TPSA) is 154 Å². The summed E-state index contributed by atoms with van der Waals surface area (Å²) in [5, 5.41) is 3.86. The molecule has 4 rings (SSSR count). The average molecular weight is 393 g/mol. The number of aromatic amines is 2. The largest absolute Gasteiger partial charge is 0.338 e. The normalized spacial score (nSPS) is 16.9. The summed E-state index contributed by atoms with van der Waals surface area (Å²) in [6.45, 7) is 2.48. The Morgan fingerprint density at radius 3 is 2.59 bits per heavy atom. The molecular weight excluding hydrogens is 374 g/mol. The van der Waals surface area contributed by atoms with Gasteiger partial charge in [0, 0.05) is 26.2 Å². The van der Waals surface area contributed by atoms with Gasteiger partial charge in [-0.25, -0.2) is 13.2 Å². The first-order valence-corrected chi connectivity index (χ1v) is 9.86. The molecule has 4 N–H and O–H groups in total. The predicted octanol–water partition coefficient (Wildman–Crippen LogP) is -0.796. The Kier molecular flexibility index (Phi) is 4.55. The van der Waals surface area contributed by atoms with Crippen LogP contribution in [0.4, 0.5) is 0 Å². The van der Waals surface area contributed by atoms with Gasteiger partial charge >= 0.3 is 5.69 Å². The van der Waals surface area contributed by atoms with Crippen LogP contribution >= 0.6 is 0 Å². The number of imidazole rings is 1. The van der Waals surface area contributed by atoms with Crippen molar-refractivity contribution in [2.45, 2.75) is 18.0 Å². The van der Waals surface area contributed by atoms with Crippen molar-refractivity contribution in [2.24, 2.45) is 5.73 Å². The highest BCUT2D eigenvalue weighted by atomic mass is 32.2. The maximum Gasteiger partial charge on any atom is 0.323 e. The van der Waals surface area contributed by atoms with Gasteiger partial charge in [-0.1, -0.05) is 5.16 Å². The number of hydrogen-bond donors (Lipinski definition) is 3. The summed E-state index contributed by atoms with van der Waals surface area (Å²) in [6.07, 6.45) is 0. The molecule has 3 heterocycles. The first-order valence-electron chi connectivity index (χ1n) is 8.42. The van der Waals surface area contributed by atoms with E-state index in [0.717, 1.165) is 0 Å². The zero-order valence-electron chi connectivity index (χ0n) is 14.4. The molecule has 12 heteroatoms. The summed E-state index contributed by atoms with van der Waals surface area (Å²) in [6, 6.07) is 4.56. The Hall–Kier alpha value is -2.54. The second-order valence-corrected chi connectivity index (χ2v) is 8.21. The van der Waals surface area contributed by atoms with E-state index in [1.165, 1.54) is 16.4 Å². The minimum Gasteiger partial charge on any atom is -0.338 e. The molecule has 0 bridgehead atoms. The van der Waals surface area contributed by atoms with Crippen molar-refractivity contribution in [3.63, 3.8) is 0 Å². The van der Waals surface area contributed by atoms with E-state index in [1.807, 2.05) is 0 Å². The number of hydrogen-bond acceptors (Lipinski definition) is 8. The number of sulfonamides is 1. The lowest BCUT2D eigenvalue weighted by Crippen LogP contribution is -2.48. The molecule has 0 saturated carbocycles. The van der Waals surface area contributed by atoms with E-state index in [4.69, 9.17) is 10.3 Å². The molecule has 2 aromatic heterocycles. The summed E-state index contributed by atoms with van der Waals surface area (Å²) in [5.41, 5.74) is 6.12. The van der Waals surface area contributed by atoms with Crippen LogP contribution < -0.4 is 11.4 Å². The number of nitrogens with two attached hydrogens (primary N) is 1. The molecule has 1 aliphatic heterocycles. The van der Waals surface area contributed by atoms with Crippen LogP contribution in [-0.2, 0) is 23.1 Å². The lowest BCUT2D eigenvalue weighted by atomic mass is 10.3. The van der Waals surface area contributed by atoms with Gasteiger partial charge in [0.2, 0.25) is 15.9 Å². The predicted molar refractivity (Wildman–Crippen MR) is 95.1 cm³/mol. The van der Waals surface area contributed by atoms with Gasteiger partial charge in [0.05, 0.1) is 29.0 Å². The third-order valence-corrected chi connectivity index (χ3v) is 6.40. The number of nitrogens with one attached hydrogen (secondary N) is 2. The van der Waals surface area contributed by atoms with E-state index in [0.29, 0.717) is 55.5 Å². The fourth-order valence-corrected chi connectivity index (χ4v) is 4.54. The van der Waals surface area contributed by atoms with Crippen molar-refractivity contribution in [3.8, 4) is 0 Å². The highest BCUT2D eigenvalue weighted by molar-refractivity contribution is 7.89. The quantitative estimate of drug-likeness (QED) is 0.509. The Labute approximate surface area is 154 Å². The zero-order valence-corrected chi connectivity index (χ0v) is 15.2. The molecule has 0 radical (unpaired) electrons. The maximum atomic E-state index is 12.9. The van der Waals surface area contributed by atoms with E-state index >= 15 is 0 Å². The maximum absolute atomic E-state index is 12.9. The molecule has 27 heavy (non-hydrogen) atoms. The fraction of sp³-hybridized carbons (Fsp3) is 0.400. The van der Waals surface area contributed by atoms with Crippen LogP contribution in [0.15, 0.2) is 32.4 Å². The van der Waals surface area contributed by atoms with Crippen LogP contribution in [0.3, 0.4) is 0 Å². The van der Waals surface area contributed by atoms with E-state index in [2.05, 4.69) is 25.0 Å². The minimum atomic E-state index is -3.64. The highest BCUT2D eigenvalue weighted by Crippen LogP contribution is 2.21. The number of rotatable bonds is 5. The monoisotopic (exact) mass is 393 g/mol. The first kappa shape index (κ1) is 17.9. The summed E-state index contributed by atoms with van der Waals surface area (Å²) >= 11 is 0. The fourth-order valence-electron chi connectivity index (χ4n) is 3.09. The van der Waals surface area contributed by atoms with E-state index in [-0.39, 0.29) is 17.1 Å². The Morgan fingerprint density at radius 2 is 1.89 bits per heavy atom. The molecule has 1 aliphatic rings. The van der Waals surface area contributed by atoms with Gasteiger partial charge in [-0.2, -0.15) is 9.29 Å². The number of benzene rings is 1. The van der Waals surface area contributed by atoms with E-state index < -0.39 is 10.0 Å². The molecule has 1 fully saturated rings. The number of fused-ring (bicyclic) bond motifs is 1. The molecule has 3 aromatic rings. The number of aromatic nitrogens is 4. The molecule has 11 nitrogen and oxygen atoms in total. The lowest BCUT2D eigenvalue weighted by Gasteiger charge is -2.33. The van der Waals surface area contributed by atoms with Gasteiger partial charge in [0.15, 0.2) is 5.82 Å².